The lowest BCUT2D eigenvalue weighted by Gasteiger charge is -2.41. The van der Waals surface area contributed by atoms with Crippen LogP contribution in [0.1, 0.15) is 41.6 Å². The number of aromatic carboxylic acids is 1. The lowest BCUT2D eigenvalue weighted by Crippen LogP contribution is -2.43. The average molecular weight is 288 g/mol. The van der Waals surface area contributed by atoms with E-state index in [4.69, 9.17) is 10.8 Å². The van der Waals surface area contributed by atoms with E-state index in [1.165, 1.54) is 0 Å². The Morgan fingerprint density at radius 2 is 2.10 bits per heavy atom. The summed E-state index contributed by atoms with van der Waals surface area (Å²) in [6, 6.07) is 5.02. The van der Waals surface area contributed by atoms with Crippen molar-refractivity contribution in [3.8, 4) is 0 Å². The molecule has 0 saturated heterocycles. The number of amides is 1. The van der Waals surface area contributed by atoms with E-state index in [1.807, 2.05) is 6.07 Å². The van der Waals surface area contributed by atoms with Gasteiger partial charge in [-0.25, -0.2) is 4.79 Å². The fourth-order valence-corrected chi connectivity index (χ4v) is 3.32. The van der Waals surface area contributed by atoms with Crippen LogP contribution in [0.15, 0.2) is 18.2 Å². The Bertz CT molecular complexity index is 588. The predicted octanol–water partition coefficient (Wildman–Crippen LogP) is 1.79. The van der Waals surface area contributed by atoms with Crippen LogP contribution in [0.2, 0.25) is 0 Å². The van der Waals surface area contributed by atoms with Crippen LogP contribution >= 0.6 is 0 Å². The fourth-order valence-electron chi connectivity index (χ4n) is 3.32. The highest BCUT2D eigenvalue weighted by Gasteiger charge is 2.39. The second-order valence-corrected chi connectivity index (χ2v) is 6.18. The summed E-state index contributed by atoms with van der Waals surface area (Å²) in [5.41, 5.74) is 7.83. The van der Waals surface area contributed by atoms with Gasteiger partial charge in [0.25, 0.3) is 0 Å². The number of anilines is 1. The molecule has 1 aromatic rings. The fraction of sp³-hybridized carbons (Fsp3) is 0.500. The topological polar surface area (TPSA) is 83.6 Å². The molecule has 0 unspecified atom stereocenters. The summed E-state index contributed by atoms with van der Waals surface area (Å²) in [7, 11) is 0. The van der Waals surface area contributed by atoms with Gasteiger partial charge in [0.15, 0.2) is 0 Å². The Balaban J connectivity index is 1.81. The normalized spacial score (nSPS) is 19.0. The van der Waals surface area contributed by atoms with E-state index in [2.05, 4.69) is 0 Å². The third-order valence-electron chi connectivity index (χ3n) is 4.90. The number of hydrogen-bond acceptors (Lipinski definition) is 3. The molecule has 2 aliphatic rings. The van der Waals surface area contributed by atoms with Gasteiger partial charge in [-0.2, -0.15) is 0 Å². The number of benzene rings is 1. The molecular formula is C16H20N2O3. The molecule has 1 saturated carbocycles. The van der Waals surface area contributed by atoms with E-state index in [1.54, 1.807) is 17.0 Å². The summed E-state index contributed by atoms with van der Waals surface area (Å²) >= 11 is 0. The second kappa shape index (κ2) is 5.15. The summed E-state index contributed by atoms with van der Waals surface area (Å²) in [4.78, 5) is 25.4. The monoisotopic (exact) mass is 288 g/mol. The number of carboxylic acids is 1. The highest BCUT2D eigenvalue weighted by Crippen LogP contribution is 2.44. The van der Waals surface area contributed by atoms with E-state index in [0.29, 0.717) is 19.5 Å². The molecule has 0 atom stereocenters. The highest BCUT2D eigenvalue weighted by atomic mass is 16.4. The van der Waals surface area contributed by atoms with Crippen LogP contribution in [-0.2, 0) is 11.2 Å². The van der Waals surface area contributed by atoms with Crippen LogP contribution in [0.25, 0.3) is 0 Å². The first-order chi connectivity index (χ1) is 10.0. The summed E-state index contributed by atoms with van der Waals surface area (Å²) in [5, 5.41) is 9.09. The Labute approximate surface area is 123 Å². The van der Waals surface area contributed by atoms with Crippen molar-refractivity contribution in [1.29, 1.82) is 0 Å². The molecule has 1 aliphatic carbocycles. The van der Waals surface area contributed by atoms with Crippen LogP contribution in [0.4, 0.5) is 5.69 Å². The predicted molar refractivity (Wildman–Crippen MR) is 79.4 cm³/mol. The number of fused-ring (bicyclic) bond motifs is 1. The summed E-state index contributed by atoms with van der Waals surface area (Å²) in [6.07, 6.45) is 4.44. The summed E-state index contributed by atoms with van der Waals surface area (Å²) in [5.74, 6) is -0.893. The average Bonchev–Trinajstić information content (AvgIpc) is 2.85. The molecule has 1 aromatic carbocycles. The number of carbonyl (C=O) groups is 2. The molecular weight excluding hydrogens is 268 g/mol. The molecule has 3 N–H and O–H groups in total. The molecule has 1 amide bonds. The van der Waals surface area contributed by atoms with Crippen molar-refractivity contribution < 1.29 is 14.7 Å². The van der Waals surface area contributed by atoms with E-state index >= 15 is 0 Å². The zero-order valence-electron chi connectivity index (χ0n) is 12.0. The van der Waals surface area contributed by atoms with Gasteiger partial charge in [-0.15, -0.1) is 0 Å². The second-order valence-electron chi connectivity index (χ2n) is 6.18. The quantitative estimate of drug-likeness (QED) is 0.884. The van der Waals surface area contributed by atoms with Crippen molar-refractivity contribution in [3.63, 3.8) is 0 Å². The van der Waals surface area contributed by atoms with Crippen molar-refractivity contribution in [3.05, 3.63) is 29.3 Å². The highest BCUT2D eigenvalue weighted by molar-refractivity contribution is 5.98. The molecule has 3 rings (SSSR count). The van der Waals surface area contributed by atoms with Crippen LogP contribution < -0.4 is 10.6 Å². The van der Waals surface area contributed by atoms with Crippen LogP contribution in [0, 0.1) is 5.41 Å². The molecule has 5 heteroatoms. The van der Waals surface area contributed by atoms with Crippen LogP contribution in [-0.4, -0.2) is 30.1 Å². The minimum Gasteiger partial charge on any atom is -0.478 e. The number of nitrogens with zero attached hydrogens (tertiary/aromatic N) is 1. The third-order valence-corrected chi connectivity index (χ3v) is 4.90. The molecule has 21 heavy (non-hydrogen) atoms. The standard InChI is InChI=1S/C16H20N2O3/c17-10-16(5-1-6-16)9-14(19)18-7-4-11-2-3-12(15(20)21)8-13(11)18/h2-3,8H,1,4-7,9-10,17H2,(H,20,21). The number of carboxylic acid groups (broad SMARTS) is 1. The van der Waals surface area contributed by atoms with Crippen molar-refractivity contribution in [2.24, 2.45) is 11.1 Å². The van der Waals surface area contributed by atoms with E-state index in [9.17, 15) is 9.59 Å². The molecule has 1 aliphatic heterocycles. The first-order valence-corrected chi connectivity index (χ1v) is 7.41. The van der Waals surface area contributed by atoms with Gasteiger partial charge in [0.2, 0.25) is 5.91 Å². The number of hydrogen-bond donors (Lipinski definition) is 2. The molecule has 1 heterocycles. The minimum atomic E-state index is -0.963. The van der Waals surface area contributed by atoms with E-state index in [0.717, 1.165) is 36.9 Å². The summed E-state index contributed by atoms with van der Waals surface area (Å²) in [6.45, 7) is 1.19. The number of rotatable bonds is 4. The van der Waals surface area contributed by atoms with Crippen LogP contribution in [0.5, 0.6) is 0 Å². The maximum absolute atomic E-state index is 12.6. The molecule has 1 fully saturated rings. The SMILES string of the molecule is NCC1(CC(=O)N2CCc3ccc(C(=O)O)cc32)CCC1. The maximum atomic E-state index is 12.6. The van der Waals surface area contributed by atoms with Crippen molar-refractivity contribution >= 4 is 17.6 Å². The van der Waals surface area contributed by atoms with Crippen LogP contribution in [0.3, 0.4) is 0 Å². The molecule has 0 bridgehead atoms. The van der Waals surface area contributed by atoms with Gasteiger partial charge in [0.1, 0.15) is 0 Å². The number of carbonyl (C=O) groups excluding carboxylic acids is 1. The Morgan fingerprint density at radius 3 is 2.67 bits per heavy atom. The van der Waals surface area contributed by atoms with Gasteiger partial charge in [-0.1, -0.05) is 12.5 Å². The Morgan fingerprint density at radius 1 is 1.33 bits per heavy atom. The molecule has 0 radical (unpaired) electrons. The summed E-state index contributed by atoms with van der Waals surface area (Å²) < 4.78 is 0. The lowest BCUT2D eigenvalue weighted by atomic mass is 9.66. The van der Waals surface area contributed by atoms with E-state index < -0.39 is 5.97 Å². The molecule has 112 valence electrons. The largest absolute Gasteiger partial charge is 0.478 e. The van der Waals surface area contributed by atoms with Crippen molar-refractivity contribution in [2.45, 2.75) is 32.1 Å². The number of nitrogens with two attached hydrogens (primary N) is 1. The van der Waals surface area contributed by atoms with Gasteiger partial charge in [-0.05, 0) is 48.9 Å². The van der Waals surface area contributed by atoms with E-state index in [-0.39, 0.29) is 16.9 Å². The molecule has 0 spiro atoms. The first-order valence-electron chi connectivity index (χ1n) is 7.41. The minimum absolute atomic E-state index is 0.0236. The maximum Gasteiger partial charge on any atom is 0.335 e. The van der Waals surface area contributed by atoms with Gasteiger partial charge in [0, 0.05) is 18.7 Å². The molecule has 5 nitrogen and oxygen atoms in total. The lowest BCUT2D eigenvalue weighted by molar-refractivity contribution is -0.122. The Hall–Kier alpha value is -1.88. The van der Waals surface area contributed by atoms with Crippen molar-refractivity contribution in [2.75, 3.05) is 18.0 Å². The zero-order valence-corrected chi connectivity index (χ0v) is 12.0. The van der Waals surface area contributed by atoms with Gasteiger partial charge in [-0.3, -0.25) is 4.79 Å². The van der Waals surface area contributed by atoms with Crippen molar-refractivity contribution in [1.82, 2.24) is 0 Å². The first kappa shape index (κ1) is 14.1. The molecule has 0 aromatic heterocycles. The Kier molecular flexibility index (Phi) is 3.45. The smallest absolute Gasteiger partial charge is 0.335 e. The van der Waals surface area contributed by atoms with Gasteiger partial charge in [0.05, 0.1) is 5.56 Å². The van der Waals surface area contributed by atoms with Gasteiger partial charge >= 0.3 is 5.97 Å². The third kappa shape index (κ3) is 2.42. The zero-order chi connectivity index (χ0) is 15.0. The van der Waals surface area contributed by atoms with Gasteiger partial charge < -0.3 is 15.7 Å².